The molecule has 0 radical (unpaired) electrons. The van der Waals surface area contributed by atoms with Gasteiger partial charge in [-0.2, -0.15) is 0 Å². The zero-order chi connectivity index (χ0) is 17.3. The van der Waals surface area contributed by atoms with Crippen molar-refractivity contribution >= 4 is 11.6 Å². The van der Waals surface area contributed by atoms with E-state index in [1.807, 2.05) is 36.4 Å². The van der Waals surface area contributed by atoms with Gasteiger partial charge in [0.15, 0.2) is 0 Å². The predicted octanol–water partition coefficient (Wildman–Crippen LogP) is 5.90. The van der Waals surface area contributed by atoms with E-state index in [-0.39, 0.29) is 0 Å². The minimum atomic E-state index is 0.533. The lowest BCUT2D eigenvalue weighted by atomic mass is 9.97. The summed E-state index contributed by atoms with van der Waals surface area (Å²) < 4.78 is 5.89. The molecule has 3 heteroatoms. The molecule has 0 spiro atoms. The Balaban J connectivity index is 1.43. The van der Waals surface area contributed by atoms with Crippen LogP contribution in [0.1, 0.15) is 43.2 Å². The van der Waals surface area contributed by atoms with Gasteiger partial charge in [0.2, 0.25) is 0 Å². The van der Waals surface area contributed by atoms with E-state index in [0.717, 1.165) is 29.4 Å². The summed E-state index contributed by atoms with van der Waals surface area (Å²) in [4.78, 5) is 0. The fourth-order valence-corrected chi connectivity index (χ4v) is 3.36. The van der Waals surface area contributed by atoms with E-state index in [0.29, 0.717) is 6.61 Å². The maximum Gasteiger partial charge on any atom is 0.120 e. The maximum atomic E-state index is 6.01. The summed E-state index contributed by atoms with van der Waals surface area (Å²) in [5.74, 6) is 0.897. The summed E-state index contributed by atoms with van der Waals surface area (Å²) in [7, 11) is 0. The number of rotatable bonds is 8. The molecule has 0 bridgehead atoms. The molecule has 0 heterocycles. The van der Waals surface area contributed by atoms with Crippen LogP contribution >= 0.6 is 11.6 Å². The lowest BCUT2D eigenvalue weighted by molar-refractivity contribution is 0.306. The molecular weight excluding hydrogens is 330 g/mol. The van der Waals surface area contributed by atoms with Crippen molar-refractivity contribution < 1.29 is 4.74 Å². The Morgan fingerprint density at radius 2 is 1.88 bits per heavy atom. The number of halogens is 1. The Morgan fingerprint density at radius 3 is 2.72 bits per heavy atom. The SMILES string of the molecule is Clc1cccc(COc2cccc(CNCCC3=CCCCC3)c2)c1. The fraction of sp³-hybridized carbons (Fsp3) is 0.364. The van der Waals surface area contributed by atoms with Gasteiger partial charge < -0.3 is 10.1 Å². The van der Waals surface area contributed by atoms with Crippen molar-refractivity contribution in [1.29, 1.82) is 0 Å². The first-order chi connectivity index (χ1) is 12.3. The summed E-state index contributed by atoms with van der Waals surface area (Å²) in [6, 6.07) is 16.1. The highest BCUT2D eigenvalue weighted by atomic mass is 35.5. The first-order valence-electron chi connectivity index (χ1n) is 9.14. The highest BCUT2D eigenvalue weighted by Crippen LogP contribution is 2.20. The van der Waals surface area contributed by atoms with Gasteiger partial charge in [-0.15, -0.1) is 0 Å². The summed E-state index contributed by atoms with van der Waals surface area (Å²) in [5.41, 5.74) is 3.95. The van der Waals surface area contributed by atoms with Gasteiger partial charge in [0.1, 0.15) is 12.4 Å². The zero-order valence-corrected chi connectivity index (χ0v) is 15.4. The van der Waals surface area contributed by atoms with Crippen molar-refractivity contribution in [2.24, 2.45) is 0 Å². The van der Waals surface area contributed by atoms with Gasteiger partial charge in [-0.25, -0.2) is 0 Å². The molecule has 0 amide bonds. The van der Waals surface area contributed by atoms with Crippen LogP contribution in [-0.2, 0) is 13.2 Å². The third-order valence-electron chi connectivity index (χ3n) is 4.53. The summed E-state index contributed by atoms with van der Waals surface area (Å²) in [5, 5.41) is 4.29. The Bertz CT molecular complexity index is 711. The Labute approximate surface area is 155 Å². The third kappa shape index (κ3) is 6.22. The topological polar surface area (TPSA) is 21.3 Å². The van der Waals surface area contributed by atoms with Crippen molar-refractivity contribution in [3.8, 4) is 5.75 Å². The third-order valence-corrected chi connectivity index (χ3v) is 4.77. The molecule has 0 atom stereocenters. The maximum absolute atomic E-state index is 6.01. The van der Waals surface area contributed by atoms with Crippen LogP contribution in [0.15, 0.2) is 60.2 Å². The van der Waals surface area contributed by atoms with Crippen molar-refractivity contribution in [2.75, 3.05) is 6.54 Å². The summed E-state index contributed by atoms with van der Waals surface area (Å²) in [6.45, 7) is 2.45. The number of hydrogen-bond donors (Lipinski definition) is 1. The fourth-order valence-electron chi connectivity index (χ4n) is 3.15. The summed E-state index contributed by atoms with van der Waals surface area (Å²) in [6.07, 6.45) is 8.87. The molecule has 0 saturated heterocycles. The van der Waals surface area contributed by atoms with Crippen LogP contribution in [0.4, 0.5) is 0 Å². The molecule has 1 N–H and O–H groups in total. The first-order valence-corrected chi connectivity index (χ1v) is 9.52. The lowest BCUT2D eigenvalue weighted by Gasteiger charge is -2.13. The largest absolute Gasteiger partial charge is 0.489 e. The normalized spacial score (nSPS) is 14.2. The van der Waals surface area contributed by atoms with Gasteiger partial charge in [0.05, 0.1) is 0 Å². The summed E-state index contributed by atoms with van der Waals surface area (Å²) >= 11 is 6.01. The average Bonchev–Trinajstić information content (AvgIpc) is 2.65. The van der Waals surface area contributed by atoms with Crippen LogP contribution in [0.25, 0.3) is 0 Å². The molecule has 25 heavy (non-hydrogen) atoms. The van der Waals surface area contributed by atoms with Gasteiger partial charge in [0, 0.05) is 11.6 Å². The number of nitrogens with one attached hydrogen (secondary N) is 1. The predicted molar refractivity (Wildman–Crippen MR) is 105 cm³/mol. The Hall–Kier alpha value is -1.77. The van der Waals surface area contributed by atoms with Crippen LogP contribution in [0, 0.1) is 0 Å². The van der Waals surface area contributed by atoms with Crippen molar-refractivity contribution in [1.82, 2.24) is 5.32 Å². The van der Waals surface area contributed by atoms with Gasteiger partial charge in [0.25, 0.3) is 0 Å². The quantitative estimate of drug-likeness (QED) is 0.470. The molecule has 2 nitrogen and oxygen atoms in total. The smallest absolute Gasteiger partial charge is 0.120 e. The zero-order valence-electron chi connectivity index (χ0n) is 14.6. The number of hydrogen-bond acceptors (Lipinski definition) is 2. The second-order valence-electron chi connectivity index (χ2n) is 6.60. The van der Waals surface area contributed by atoms with Crippen LogP contribution < -0.4 is 10.1 Å². The van der Waals surface area contributed by atoms with E-state index >= 15 is 0 Å². The lowest BCUT2D eigenvalue weighted by Crippen LogP contribution is -2.15. The minimum absolute atomic E-state index is 0.533. The Morgan fingerprint density at radius 1 is 1.00 bits per heavy atom. The molecule has 1 aliphatic rings. The molecule has 1 aliphatic carbocycles. The monoisotopic (exact) mass is 355 g/mol. The van der Waals surface area contributed by atoms with Crippen molar-refractivity contribution in [3.63, 3.8) is 0 Å². The molecule has 0 aliphatic heterocycles. The molecule has 0 fully saturated rings. The van der Waals surface area contributed by atoms with Gasteiger partial charge in [-0.1, -0.05) is 47.5 Å². The van der Waals surface area contributed by atoms with Crippen LogP contribution in [0.2, 0.25) is 5.02 Å². The Kier molecular flexibility index (Phi) is 6.96. The van der Waals surface area contributed by atoms with Crippen molar-refractivity contribution in [2.45, 2.75) is 45.3 Å². The molecule has 0 saturated carbocycles. The first kappa shape index (κ1) is 18.0. The molecule has 3 rings (SSSR count). The van der Waals surface area contributed by atoms with Gasteiger partial charge in [-0.3, -0.25) is 0 Å². The second-order valence-corrected chi connectivity index (χ2v) is 7.04. The number of allylic oxidation sites excluding steroid dienone is 1. The molecule has 2 aromatic carbocycles. The van der Waals surface area contributed by atoms with E-state index < -0.39 is 0 Å². The molecule has 132 valence electrons. The standard InChI is InChI=1S/C22H26ClNO/c23-21-10-4-9-20(14-21)17-25-22-11-5-8-19(15-22)16-24-13-12-18-6-2-1-3-7-18/h4-6,8-11,14-15,24H,1-3,7,12-13,16-17H2. The van der Waals surface area contributed by atoms with E-state index in [9.17, 15) is 0 Å². The highest BCUT2D eigenvalue weighted by molar-refractivity contribution is 6.30. The molecular formula is C22H26ClNO. The van der Waals surface area contributed by atoms with E-state index in [1.54, 1.807) is 5.57 Å². The molecule has 0 aromatic heterocycles. The molecule has 2 aromatic rings. The van der Waals surface area contributed by atoms with Gasteiger partial charge in [-0.05, 0) is 74.0 Å². The highest BCUT2D eigenvalue weighted by Gasteiger charge is 2.03. The van der Waals surface area contributed by atoms with E-state index in [4.69, 9.17) is 16.3 Å². The van der Waals surface area contributed by atoms with Crippen LogP contribution in [0.5, 0.6) is 5.75 Å². The number of benzene rings is 2. The van der Waals surface area contributed by atoms with Crippen molar-refractivity contribution in [3.05, 3.63) is 76.3 Å². The number of ether oxygens (including phenoxy) is 1. The molecule has 0 unspecified atom stereocenters. The van der Waals surface area contributed by atoms with Crippen LogP contribution in [-0.4, -0.2) is 6.54 Å². The van der Waals surface area contributed by atoms with Gasteiger partial charge >= 0.3 is 0 Å². The second kappa shape index (κ2) is 9.65. The minimum Gasteiger partial charge on any atom is -0.489 e. The van der Waals surface area contributed by atoms with E-state index in [2.05, 4.69) is 23.5 Å². The van der Waals surface area contributed by atoms with Crippen LogP contribution in [0.3, 0.4) is 0 Å². The van der Waals surface area contributed by atoms with E-state index in [1.165, 1.54) is 37.7 Å². The average molecular weight is 356 g/mol.